The largest absolute Gasteiger partial charge is 0.480 e. The molecule has 0 radical (unpaired) electrons. The maximum Gasteiger partial charge on any atom is 0.320 e. The molecule has 0 fully saturated rings. The molecule has 140 valence electrons. The van der Waals surface area contributed by atoms with Crippen molar-refractivity contribution in [2.24, 2.45) is 12.8 Å². The van der Waals surface area contributed by atoms with Crippen LogP contribution in [0.15, 0.2) is 65.6 Å². The van der Waals surface area contributed by atoms with Crippen LogP contribution in [0.1, 0.15) is 5.56 Å². The van der Waals surface area contributed by atoms with Crippen LogP contribution in [0.3, 0.4) is 0 Å². The molecular formula is C22H19N3O3. The summed E-state index contributed by atoms with van der Waals surface area (Å²) < 4.78 is 1.63. The van der Waals surface area contributed by atoms with Crippen LogP contribution in [0.5, 0.6) is 0 Å². The van der Waals surface area contributed by atoms with Crippen molar-refractivity contribution in [2.75, 3.05) is 0 Å². The van der Waals surface area contributed by atoms with Crippen molar-refractivity contribution in [3.05, 3.63) is 76.7 Å². The van der Waals surface area contributed by atoms with E-state index in [1.807, 2.05) is 48.5 Å². The summed E-state index contributed by atoms with van der Waals surface area (Å²) in [6, 6.07) is 15.9. The molecule has 0 spiro atoms. The summed E-state index contributed by atoms with van der Waals surface area (Å²) in [5, 5.41) is 10.9. The standard InChI is InChI=1S/C22H19N3O3/c1-25-19-7-3-2-5-14(19)11-17(21(25)26)16-9-8-13(12-18(23)22(27)28)15-6-4-10-24-20(15)16/h2-11,18H,12,23H2,1H3,(H,27,28)/t18-/m0/s1. The number of rotatable bonds is 4. The van der Waals surface area contributed by atoms with Crippen LogP contribution in [0.4, 0.5) is 0 Å². The fraction of sp³-hybridized carbons (Fsp3) is 0.136. The highest BCUT2D eigenvalue weighted by Gasteiger charge is 2.17. The van der Waals surface area contributed by atoms with Gasteiger partial charge in [0.25, 0.3) is 5.56 Å². The number of nitrogens with two attached hydrogens (primary N) is 1. The van der Waals surface area contributed by atoms with Gasteiger partial charge in [-0.2, -0.15) is 0 Å². The van der Waals surface area contributed by atoms with Crippen LogP contribution in [-0.4, -0.2) is 26.7 Å². The molecule has 0 aliphatic carbocycles. The molecule has 1 atom stereocenters. The lowest BCUT2D eigenvalue weighted by Gasteiger charge is -2.14. The Balaban J connectivity index is 1.96. The molecule has 4 aromatic rings. The van der Waals surface area contributed by atoms with Gasteiger partial charge in [0, 0.05) is 29.8 Å². The Bertz CT molecular complexity index is 1280. The van der Waals surface area contributed by atoms with Gasteiger partial charge in [0.2, 0.25) is 0 Å². The lowest BCUT2D eigenvalue weighted by Crippen LogP contribution is -2.32. The first-order valence-corrected chi connectivity index (χ1v) is 8.91. The van der Waals surface area contributed by atoms with E-state index in [1.165, 1.54) is 0 Å². The highest BCUT2D eigenvalue weighted by molar-refractivity contribution is 5.97. The third-order valence-corrected chi connectivity index (χ3v) is 5.04. The molecule has 0 saturated carbocycles. The molecular weight excluding hydrogens is 354 g/mol. The number of para-hydroxylation sites is 1. The first-order valence-electron chi connectivity index (χ1n) is 8.91. The zero-order chi connectivity index (χ0) is 19.8. The predicted molar refractivity (Wildman–Crippen MR) is 109 cm³/mol. The van der Waals surface area contributed by atoms with E-state index in [0.717, 1.165) is 27.4 Å². The van der Waals surface area contributed by atoms with Gasteiger partial charge in [-0.25, -0.2) is 0 Å². The normalized spacial score (nSPS) is 12.4. The van der Waals surface area contributed by atoms with Gasteiger partial charge < -0.3 is 15.4 Å². The molecule has 0 aliphatic rings. The van der Waals surface area contributed by atoms with E-state index >= 15 is 0 Å². The first-order chi connectivity index (χ1) is 13.5. The topological polar surface area (TPSA) is 98.2 Å². The van der Waals surface area contributed by atoms with E-state index in [0.29, 0.717) is 11.1 Å². The van der Waals surface area contributed by atoms with Crippen molar-refractivity contribution in [3.8, 4) is 11.1 Å². The maximum absolute atomic E-state index is 13.0. The Morgan fingerprint density at radius 1 is 1.14 bits per heavy atom. The minimum atomic E-state index is -1.05. The van der Waals surface area contributed by atoms with Crippen LogP contribution >= 0.6 is 0 Å². The number of benzene rings is 2. The summed E-state index contributed by atoms with van der Waals surface area (Å²) in [6.45, 7) is 0. The highest BCUT2D eigenvalue weighted by atomic mass is 16.4. The Morgan fingerprint density at radius 3 is 2.71 bits per heavy atom. The quantitative estimate of drug-likeness (QED) is 0.573. The third-order valence-electron chi connectivity index (χ3n) is 5.04. The maximum atomic E-state index is 13.0. The van der Waals surface area contributed by atoms with Crippen LogP contribution in [0.25, 0.3) is 32.9 Å². The fourth-order valence-electron chi connectivity index (χ4n) is 3.57. The number of carboxylic acid groups (broad SMARTS) is 1. The van der Waals surface area contributed by atoms with Crippen LogP contribution in [0.2, 0.25) is 0 Å². The molecule has 0 aliphatic heterocycles. The van der Waals surface area contributed by atoms with Crippen molar-refractivity contribution >= 4 is 27.8 Å². The number of carbonyl (C=O) groups is 1. The van der Waals surface area contributed by atoms with Crippen molar-refractivity contribution in [3.63, 3.8) is 0 Å². The Kier molecular flexibility index (Phi) is 4.41. The second-order valence-corrected chi connectivity index (χ2v) is 6.80. The van der Waals surface area contributed by atoms with Crippen LogP contribution in [-0.2, 0) is 18.3 Å². The molecule has 2 aromatic carbocycles. The van der Waals surface area contributed by atoms with E-state index in [9.17, 15) is 9.59 Å². The number of aromatic nitrogens is 2. The number of hydrogen-bond donors (Lipinski definition) is 2. The fourth-order valence-corrected chi connectivity index (χ4v) is 3.57. The van der Waals surface area contributed by atoms with Crippen molar-refractivity contribution < 1.29 is 9.90 Å². The molecule has 6 heteroatoms. The summed E-state index contributed by atoms with van der Waals surface area (Å²) in [7, 11) is 1.75. The average Bonchev–Trinajstić information content (AvgIpc) is 2.71. The number of aryl methyl sites for hydroxylation is 1. The van der Waals surface area contributed by atoms with Gasteiger partial charge in [-0.15, -0.1) is 0 Å². The summed E-state index contributed by atoms with van der Waals surface area (Å²) in [4.78, 5) is 28.7. The van der Waals surface area contributed by atoms with Gasteiger partial charge in [-0.05, 0) is 35.6 Å². The van der Waals surface area contributed by atoms with Gasteiger partial charge in [0.15, 0.2) is 0 Å². The number of nitrogens with zero attached hydrogens (tertiary/aromatic N) is 2. The Morgan fingerprint density at radius 2 is 1.93 bits per heavy atom. The summed E-state index contributed by atoms with van der Waals surface area (Å²) >= 11 is 0. The molecule has 0 amide bonds. The van der Waals surface area contributed by atoms with E-state index < -0.39 is 12.0 Å². The predicted octanol–water partition coefficient (Wildman–Crippen LogP) is 2.71. The zero-order valence-corrected chi connectivity index (χ0v) is 15.3. The zero-order valence-electron chi connectivity index (χ0n) is 15.3. The second kappa shape index (κ2) is 6.90. The average molecular weight is 373 g/mol. The molecule has 0 unspecified atom stereocenters. The Hall–Kier alpha value is -3.51. The number of fused-ring (bicyclic) bond motifs is 2. The van der Waals surface area contributed by atoms with E-state index in [2.05, 4.69) is 4.98 Å². The third kappa shape index (κ3) is 2.93. The van der Waals surface area contributed by atoms with Gasteiger partial charge in [-0.1, -0.05) is 36.4 Å². The number of carboxylic acids is 1. The SMILES string of the molecule is Cn1c(=O)c(-c2ccc(C[C@H](N)C(=O)O)c3cccnc23)cc2ccccc21. The molecule has 0 bridgehead atoms. The van der Waals surface area contributed by atoms with Crippen molar-refractivity contribution in [1.29, 1.82) is 0 Å². The van der Waals surface area contributed by atoms with Crippen molar-refractivity contribution in [1.82, 2.24) is 9.55 Å². The van der Waals surface area contributed by atoms with Gasteiger partial charge in [0.05, 0.1) is 11.0 Å². The summed E-state index contributed by atoms with van der Waals surface area (Å²) in [5.74, 6) is -1.05. The minimum absolute atomic E-state index is 0.111. The molecule has 6 nitrogen and oxygen atoms in total. The van der Waals surface area contributed by atoms with E-state index in [4.69, 9.17) is 10.8 Å². The highest BCUT2D eigenvalue weighted by Crippen LogP contribution is 2.29. The minimum Gasteiger partial charge on any atom is -0.480 e. The van der Waals surface area contributed by atoms with Crippen LogP contribution < -0.4 is 11.3 Å². The Labute approximate surface area is 160 Å². The second-order valence-electron chi connectivity index (χ2n) is 6.80. The van der Waals surface area contributed by atoms with E-state index in [-0.39, 0.29) is 12.0 Å². The molecule has 2 heterocycles. The smallest absolute Gasteiger partial charge is 0.320 e. The molecule has 3 N–H and O–H groups in total. The lowest BCUT2D eigenvalue weighted by atomic mass is 9.95. The number of aliphatic carboxylic acids is 1. The van der Waals surface area contributed by atoms with Gasteiger partial charge >= 0.3 is 5.97 Å². The molecule has 2 aromatic heterocycles. The monoisotopic (exact) mass is 373 g/mol. The molecule has 4 rings (SSSR count). The number of hydrogen-bond acceptors (Lipinski definition) is 4. The first kappa shape index (κ1) is 17.9. The van der Waals surface area contributed by atoms with E-state index in [1.54, 1.807) is 23.9 Å². The number of pyridine rings is 2. The molecule has 28 heavy (non-hydrogen) atoms. The van der Waals surface area contributed by atoms with Gasteiger partial charge in [-0.3, -0.25) is 14.6 Å². The lowest BCUT2D eigenvalue weighted by molar-refractivity contribution is -0.138. The summed E-state index contributed by atoms with van der Waals surface area (Å²) in [5.41, 5.74) is 9.19. The summed E-state index contributed by atoms with van der Waals surface area (Å²) in [6.07, 6.45) is 1.85. The molecule has 0 saturated heterocycles. The van der Waals surface area contributed by atoms with Crippen molar-refractivity contribution in [2.45, 2.75) is 12.5 Å². The van der Waals surface area contributed by atoms with Gasteiger partial charge in [0.1, 0.15) is 6.04 Å². The van der Waals surface area contributed by atoms with Crippen LogP contribution in [0, 0.1) is 0 Å².